The van der Waals surface area contributed by atoms with Gasteiger partial charge in [-0.1, -0.05) is 30.3 Å². The lowest BCUT2D eigenvalue weighted by atomic mass is 9.86. The van der Waals surface area contributed by atoms with Gasteiger partial charge >= 0.3 is 0 Å². The number of aromatic nitrogens is 1. The maximum absolute atomic E-state index is 10.6. The predicted octanol–water partition coefficient (Wildman–Crippen LogP) is 4.65. The van der Waals surface area contributed by atoms with Crippen LogP contribution in [0.2, 0.25) is 0 Å². The van der Waals surface area contributed by atoms with Crippen molar-refractivity contribution in [1.82, 2.24) is 9.88 Å². The molecule has 3 nitrogen and oxygen atoms in total. The second-order valence-electron chi connectivity index (χ2n) is 8.47. The Morgan fingerprint density at radius 2 is 1.89 bits per heavy atom. The number of nitrogens with zero attached hydrogens (tertiary/aromatic N) is 2. The summed E-state index contributed by atoms with van der Waals surface area (Å²) in [5.74, 6) is 1.33. The first-order valence-electron chi connectivity index (χ1n) is 10.6. The molecule has 3 heteroatoms. The summed E-state index contributed by atoms with van der Waals surface area (Å²) in [5, 5.41) is 10.6. The number of hydrogen-bond donors (Lipinski definition) is 1. The van der Waals surface area contributed by atoms with E-state index in [4.69, 9.17) is 0 Å². The molecule has 1 N–H and O–H groups in total. The molecule has 0 bridgehead atoms. The summed E-state index contributed by atoms with van der Waals surface area (Å²) in [4.78, 5) is 7.06. The van der Waals surface area contributed by atoms with Crippen LogP contribution in [-0.2, 0) is 6.42 Å². The van der Waals surface area contributed by atoms with E-state index in [2.05, 4.69) is 47.1 Å². The van der Waals surface area contributed by atoms with Gasteiger partial charge in [0.15, 0.2) is 0 Å². The minimum atomic E-state index is -0.388. The first kappa shape index (κ1) is 18.6. The van der Waals surface area contributed by atoms with Gasteiger partial charge in [-0.3, -0.25) is 4.98 Å². The first-order valence-corrected chi connectivity index (χ1v) is 10.6. The second-order valence-corrected chi connectivity index (χ2v) is 8.47. The minimum Gasteiger partial charge on any atom is -0.387 e. The highest BCUT2D eigenvalue weighted by Crippen LogP contribution is 2.33. The van der Waals surface area contributed by atoms with Gasteiger partial charge in [0.2, 0.25) is 0 Å². The zero-order chi connectivity index (χ0) is 18.6. The van der Waals surface area contributed by atoms with E-state index >= 15 is 0 Å². The van der Waals surface area contributed by atoms with Crippen LogP contribution in [0.15, 0.2) is 42.6 Å². The largest absolute Gasteiger partial charge is 0.387 e. The fraction of sp³-hybridized carbons (Fsp3) is 0.542. The topological polar surface area (TPSA) is 36.4 Å². The molecule has 0 unspecified atom stereocenters. The van der Waals surface area contributed by atoms with E-state index in [1.54, 1.807) is 11.8 Å². The fourth-order valence-electron chi connectivity index (χ4n) is 5.01. The Balaban J connectivity index is 1.27. The van der Waals surface area contributed by atoms with Crippen molar-refractivity contribution in [3.63, 3.8) is 0 Å². The van der Waals surface area contributed by atoms with Gasteiger partial charge in [-0.05, 0) is 99.7 Å². The third-order valence-electron chi connectivity index (χ3n) is 6.69. The molecule has 144 valence electrons. The lowest BCUT2D eigenvalue weighted by molar-refractivity contribution is 0.130. The summed E-state index contributed by atoms with van der Waals surface area (Å²) in [5.41, 5.74) is 5.15. The number of aliphatic hydroxyl groups is 1. The van der Waals surface area contributed by atoms with Gasteiger partial charge < -0.3 is 10.0 Å². The molecule has 2 heterocycles. The Bertz CT molecular complexity index is 752. The Labute approximate surface area is 163 Å². The maximum atomic E-state index is 10.6. The molecule has 0 saturated carbocycles. The Morgan fingerprint density at radius 1 is 1.07 bits per heavy atom. The highest BCUT2D eigenvalue weighted by Gasteiger charge is 2.26. The molecule has 1 fully saturated rings. The van der Waals surface area contributed by atoms with Crippen molar-refractivity contribution < 1.29 is 5.11 Å². The van der Waals surface area contributed by atoms with E-state index in [1.807, 2.05) is 6.07 Å². The molecule has 0 spiro atoms. The minimum absolute atomic E-state index is 0.388. The van der Waals surface area contributed by atoms with Crippen LogP contribution < -0.4 is 0 Å². The summed E-state index contributed by atoms with van der Waals surface area (Å²) in [7, 11) is 0. The zero-order valence-electron chi connectivity index (χ0n) is 16.5. The van der Waals surface area contributed by atoms with Crippen molar-refractivity contribution in [3.8, 4) is 0 Å². The Kier molecular flexibility index (Phi) is 5.89. The average Bonchev–Trinajstić information content (AvgIpc) is 2.86. The van der Waals surface area contributed by atoms with Gasteiger partial charge in [-0.25, -0.2) is 0 Å². The normalized spacial score (nSPS) is 24.4. The number of aryl methyl sites for hydroxylation is 2. The molecule has 1 saturated heterocycles. The van der Waals surface area contributed by atoms with Gasteiger partial charge in [0.05, 0.1) is 11.8 Å². The number of benzene rings is 1. The van der Waals surface area contributed by atoms with Gasteiger partial charge in [0.1, 0.15) is 0 Å². The number of hydrogen-bond acceptors (Lipinski definition) is 3. The molecule has 2 aromatic rings. The third-order valence-corrected chi connectivity index (χ3v) is 6.69. The SMILES string of the molecule is Cc1ccccc1C1CCN(CC[C@H]2CCc3cccnc3[C@H](O)C2)CC1. The van der Waals surface area contributed by atoms with Crippen LogP contribution in [0.4, 0.5) is 0 Å². The standard InChI is InChI=1S/C24H32N2O/c1-18-5-2-3-7-22(18)20-11-15-26(16-12-20)14-10-19-8-9-21-6-4-13-25-24(21)23(27)17-19/h2-7,13,19-20,23,27H,8-12,14-17H2,1H3/t19-,23-/m1/s1. The second kappa shape index (κ2) is 8.53. The van der Waals surface area contributed by atoms with Gasteiger partial charge in [-0.15, -0.1) is 0 Å². The smallest absolute Gasteiger partial charge is 0.0965 e. The number of piperidine rings is 1. The van der Waals surface area contributed by atoms with Gasteiger partial charge in [-0.2, -0.15) is 0 Å². The van der Waals surface area contributed by atoms with Gasteiger partial charge in [0.25, 0.3) is 0 Å². The molecular formula is C24H32N2O. The molecule has 1 aliphatic carbocycles. The van der Waals surface area contributed by atoms with E-state index in [9.17, 15) is 5.11 Å². The molecule has 2 atom stereocenters. The molecule has 0 amide bonds. The van der Waals surface area contributed by atoms with Crippen molar-refractivity contribution in [2.45, 2.75) is 57.5 Å². The monoisotopic (exact) mass is 364 g/mol. The van der Waals surface area contributed by atoms with E-state index in [0.717, 1.165) is 24.5 Å². The maximum Gasteiger partial charge on any atom is 0.0965 e. The number of fused-ring (bicyclic) bond motifs is 1. The fourth-order valence-corrected chi connectivity index (χ4v) is 5.01. The van der Waals surface area contributed by atoms with Gasteiger partial charge in [0, 0.05) is 6.20 Å². The van der Waals surface area contributed by atoms with Crippen LogP contribution in [0.1, 0.15) is 66.5 Å². The molecule has 1 aromatic carbocycles. The summed E-state index contributed by atoms with van der Waals surface area (Å²) < 4.78 is 0. The average molecular weight is 365 g/mol. The lowest BCUT2D eigenvalue weighted by Crippen LogP contribution is -2.34. The quantitative estimate of drug-likeness (QED) is 0.803. The zero-order valence-corrected chi connectivity index (χ0v) is 16.5. The molecule has 0 radical (unpaired) electrons. The molecule has 1 aromatic heterocycles. The summed E-state index contributed by atoms with van der Waals surface area (Å²) >= 11 is 0. The highest BCUT2D eigenvalue weighted by atomic mass is 16.3. The number of rotatable bonds is 4. The Morgan fingerprint density at radius 3 is 2.70 bits per heavy atom. The van der Waals surface area contributed by atoms with E-state index in [-0.39, 0.29) is 6.10 Å². The summed E-state index contributed by atoms with van der Waals surface area (Å²) in [6.07, 6.45) is 8.25. The number of likely N-dealkylation sites (tertiary alicyclic amines) is 1. The van der Waals surface area contributed by atoms with Crippen molar-refractivity contribution in [1.29, 1.82) is 0 Å². The molecular weight excluding hydrogens is 332 g/mol. The molecule has 4 rings (SSSR count). The molecule has 1 aliphatic heterocycles. The van der Waals surface area contributed by atoms with Crippen LogP contribution in [0.5, 0.6) is 0 Å². The van der Waals surface area contributed by atoms with Crippen LogP contribution in [0.3, 0.4) is 0 Å². The summed E-state index contributed by atoms with van der Waals surface area (Å²) in [6.45, 7) is 5.82. The number of pyridine rings is 1. The van der Waals surface area contributed by atoms with Crippen LogP contribution in [-0.4, -0.2) is 34.6 Å². The molecule has 2 aliphatic rings. The van der Waals surface area contributed by atoms with Crippen molar-refractivity contribution >= 4 is 0 Å². The van der Waals surface area contributed by atoms with E-state index < -0.39 is 0 Å². The first-order chi connectivity index (χ1) is 13.2. The lowest BCUT2D eigenvalue weighted by Gasteiger charge is -2.33. The van der Waals surface area contributed by atoms with Crippen LogP contribution in [0.25, 0.3) is 0 Å². The van der Waals surface area contributed by atoms with Crippen molar-refractivity contribution in [2.75, 3.05) is 19.6 Å². The van der Waals surface area contributed by atoms with Crippen molar-refractivity contribution in [3.05, 3.63) is 65.0 Å². The third kappa shape index (κ3) is 4.41. The van der Waals surface area contributed by atoms with E-state index in [1.165, 1.54) is 56.4 Å². The highest BCUT2D eigenvalue weighted by molar-refractivity contribution is 5.29. The predicted molar refractivity (Wildman–Crippen MR) is 110 cm³/mol. The molecule has 27 heavy (non-hydrogen) atoms. The van der Waals surface area contributed by atoms with Crippen molar-refractivity contribution in [2.24, 2.45) is 5.92 Å². The Hall–Kier alpha value is -1.71. The van der Waals surface area contributed by atoms with Crippen LogP contribution in [0, 0.1) is 12.8 Å². The van der Waals surface area contributed by atoms with Crippen LogP contribution >= 0.6 is 0 Å². The summed E-state index contributed by atoms with van der Waals surface area (Å²) in [6, 6.07) is 13.0. The number of aliphatic hydroxyl groups excluding tert-OH is 1. The van der Waals surface area contributed by atoms with E-state index in [0.29, 0.717) is 5.92 Å².